The summed E-state index contributed by atoms with van der Waals surface area (Å²) in [4.78, 5) is 32.2. The van der Waals surface area contributed by atoms with E-state index in [1.165, 1.54) is 6.92 Å². The van der Waals surface area contributed by atoms with E-state index < -0.39 is 15.7 Å². The highest BCUT2D eigenvalue weighted by Gasteiger charge is 2.28. The lowest BCUT2D eigenvalue weighted by Crippen LogP contribution is -2.23. The second kappa shape index (κ2) is 7.43. The first-order chi connectivity index (χ1) is 12.7. The van der Waals surface area contributed by atoms with Gasteiger partial charge < -0.3 is 10.6 Å². The first kappa shape index (κ1) is 19.0. The molecule has 27 heavy (non-hydrogen) atoms. The van der Waals surface area contributed by atoms with E-state index in [2.05, 4.69) is 20.6 Å². The molecule has 0 saturated carbocycles. The average Bonchev–Trinajstić information content (AvgIpc) is 2.93. The third-order valence-electron chi connectivity index (χ3n) is 4.20. The topological polar surface area (TPSA) is 118 Å². The van der Waals surface area contributed by atoms with Crippen molar-refractivity contribution in [3.05, 3.63) is 47.3 Å². The van der Waals surface area contributed by atoms with E-state index in [-0.39, 0.29) is 35.0 Å². The quantitative estimate of drug-likeness (QED) is 0.750. The molecule has 0 bridgehead atoms. The number of anilines is 2. The van der Waals surface area contributed by atoms with Crippen molar-refractivity contribution in [1.29, 1.82) is 0 Å². The molecule has 1 aromatic carbocycles. The van der Waals surface area contributed by atoms with E-state index in [0.29, 0.717) is 23.4 Å². The largest absolute Gasteiger partial charge is 0.350 e. The molecule has 1 aliphatic heterocycles. The number of ketones is 1. The van der Waals surface area contributed by atoms with Gasteiger partial charge in [-0.3, -0.25) is 9.59 Å². The molecule has 1 aromatic heterocycles. The highest BCUT2D eigenvalue weighted by Crippen LogP contribution is 2.17. The number of carbonyl (C=O) groups excluding carboxylic acids is 2. The number of hydrogen-bond acceptors (Lipinski definition) is 7. The minimum atomic E-state index is -3.02. The van der Waals surface area contributed by atoms with Gasteiger partial charge in [-0.05, 0) is 50.6 Å². The minimum Gasteiger partial charge on any atom is -0.350 e. The van der Waals surface area contributed by atoms with Crippen molar-refractivity contribution in [3.8, 4) is 0 Å². The molecule has 1 saturated heterocycles. The van der Waals surface area contributed by atoms with Gasteiger partial charge in [0.25, 0.3) is 5.91 Å². The number of carbonyl (C=O) groups is 2. The Hall–Kier alpha value is -2.81. The van der Waals surface area contributed by atoms with Crippen molar-refractivity contribution in [2.24, 2.45) is 0 Å². The maximum absolute atomic E-state index is 12.5. The van der Waals surface area contributed by atoms with Gasteiger partial charge in [-0.2, -0.15) is 0 Å². The maximum Gasteiger partial charge on any atom is 0.274 e. The van der Waals surface area contributed by atoms with E-state index >= 15 is 0 Å². The van der Waals surface area contributed by atoms with Gasteiger partial charge in [0.2, 0.25) is 5.95 Å². The van der Waals surface area contributed by atoms with Crippen LogP contribution in [-0.2, 0) is 9.84 Å². The number of nitrogens with one attached hydrogen (secondary N) is 2. The zero-order chi connectivity index (χ0) is 19.6. The first-order valence-electron chi connectivity index (χ1n) is 8.47. The molecular weight excluding hydrogens is 368 g/mol. The molecule has 0 radical (unpaired) electrons. The average molecular weight is 388 g/mol. The van der Waals surface area contributed by atoms with Crippen molar-refractivity contribution in [2.75, 3.05) is 22.1 Å². The predicted octanol–water partition coefficient (Wildman–Crippen LogP) is 1.84. The summed E-state index contributed by atoms with van der Waals surface area (Å²) in [5.41, 5.74) is 1.86. The second-order valence-corrected chi connectivity index (χ2v) is 8.78. The van der Waals surface area contributed by atoms with E-state index in [1.54, 1.807) is 37.3 Å². The van der Waals surface area contributed by atoms with Crippen LogP contribution in [-0.4, -0.2) is 47.6 Å². The Balaban J connectivity index is 1.73. The molecule has 9 heteroatoms. The van der Waals surface area contributed by atoms with Gasteiger partial charge in [-0.25, -0.2) is 18.4 Å². The summed E-state index contributed by atoms with van der Waals surface area (Å²) in [5, 5.41) is 5.72. The van der Waals surface area contributed by atoms with Gasteiger partial charge in [0.05, 0.1) is 11.5 Å². The third-order valence-corrected chi connectivity index (χ3v) is 5.97. The van der Waals surface area contributed by atoms with Crippen LogP contribution in [0.2, 0.25) is 0 Å². The molecule has 1 amide bonds. The number of hydrogen-bond donors (Lipinski definition) is 2. The van der Waals surface area contributed by atoms with Crippen LogP contribution >= 0.6 is 0 Å². The molecule has 2 heterocycles. The van der Waals surface area contributed by atoms with Crippen LogP contribution in [0.1, 0.15) is 39.9 Å². The zero-order valence-electron chi connectivity index (χ0n) is 15.0. The summed E-state index contributed by atoms with van der Waals surface area (Å²) in [6, 6.07) is 7.85. The maximum atomic E-state index is 12.5. The molecule has 1 atom stereocenters. The number of aromatic nitrogens is 2. The lowest BCUT2D eigenvalue weighted by molar-refractivity contribution is 0.101. The molecule has 1 aliphatic rings. The molecule has 0 spiro atoms. The van der Waals surface area contributed by atoms with Crippen molar-refractivity contribution < 1.29 is 18.0 Å². The van der Waals surface area contributed by atoms with Crippen LogP contribution in [0.25, 0.3) is 0 Å². The Morgan fingerprint density at radius 1 is 1.15 bits per heavy atom. The van der Waals surface area contributed by atoms with Crippen molar-refractivity contribution >= 4 is 33.2 Å². The molecule has 2 N–H and O–H groups in total. The van der Waals surface area contributed by atoms with Gasteiger partial charge in [-0.15, -0.1) is 0 Å². The summed E-state index contributed by atoms with van der Waals surface area (Å²) in [6.07, 6.45) is 0.490. The van der Waals surface area contributed by atoms with Crippen LogP contribution in [0.3, 0.4) is 0 Å². The Kier molecular flexibility index (Phi) is 5.22. The Morgan fingerprint density at radius 2 is 1.85 bits per heavy atom. The van der Waals surface area contributed by atoms with Crippen LogP contribution in [0, 0.1) is 6.92 Å². The lowest BCUT2D eigenvalue weighted by atomic mass is 10.1. The van der Waals surface area contributed by atoms with Gasteiger partial charge in [0, 0.05) is 23.0 Å². The fourth-order valence-electron chi connectivity index (χ4n) is 2.82. The molecule has 1 fully saturated rings. The van der Waals surface area contributed by atoms with Crippen LogP contribution in [0.4, 0.5) is 11.6 Å². The smallest absolute Gasteiger partial charge is 0.274 e. The molecule has 3 rings (SSSR count). The Morgan fingerprint density at radius 3 is 2.44 bits per heavy atom. The Labute approximate surface area is 157 Å². The number of aryl methyl sites for hydroxylation is 1. The van der Waals surface area contributed by atoms with Gasteiger partial charge >= 0.3 is 0 Å². The van der Waals surface area contributed by atoms with E-state index in [0.717, 1.165) is 0 Å². The summed E-state index contributed by atoms with van der Waals surface area (Å²) in [7, 11) is -3.02. The molecular formula is C18H20N4O4S. The number of amides is 1. The summed E-state index contributed by atoms with van der Waals surface area (Å²) in [6.45, 7) is 3.21. The lowest BCUT2D eigenvalue weighted by Gasteiger charge is -2.12. The molecule has 8 nitrogen and oxygen atoms in total. The second-order valence-electron chi connectivity index (χ2n) is 6.55. The van der Waals surface area contributed by atoms with Crippen LogP contribution in [0.15, 0.2) is 30.3 Å². The number of Topliss-reactive ketones (excluding diaryl/α,β-unsaturated/α-hetero) is 1. The summed E-state index contributed by atoms with van der Waals surface area (Å²) >= 11 is 0. The third kappa shape index (κ3) is 4.88. The molecule has 142 valence electrons. The van der Waals surface area contributed by atoms with Crippen LogP contribution < -0.4 is 10.6 Å². The number of sulfone groups is 1. The van der Waals surface area contributed by atoms with Gasteiger partial charge in [0.1, 0.15) is 5.69 Å². The highest BCUT2D eigenvalue weighted by atomic mass is 32.2. The highest BCUT2D eigenvalue weighted by molar-refractivity contribution is 7.91. The van der Waals surface area contributed by atoms with Crippen molar-refractivity contribution in [2.45, 2.75) is 26.3 Å². The number of benzene rings is 1. The molecule has 1 unspecified atom stereocenters. The predicted molar refractivity (Wildman–Crippen MR) is 102 cm³/mol. The number of nitrogens with zero attached hydrogens (tertiary/aromatic N) is 2. The van der Waals surface area contributed by atoms with E-state index in [4.69, 9.17) is 0 Å². The fourth-order valence-corrected chi connectivity index (χ4v) is 4.50. The zero-order valence-corrected chi connectivity index (χ0v) is 15.8. The van der Waals surface area contributed by atoms with Crippen molar-refractivity contribution in [3.63, 3.8) is 0 Å². The van der Waals surface area contributed by atoms with Crippen LogP contribution in [0.5, 0.6) is 0 Å². The monoisotopic (exact) mass is 388 g/mol. The number of rotatable bonds is 5. The van der Waals surface area contributed by atoms with E-state index in [1.807, 2.05) is 0 Å². The van der Waals surface area contributed by atoms with Crippen molar-refractivity contribution in [1.82, 2.24) is 9.97 Å². The molecule has 2 aromatic rings. The SMILES string of the molecule is CC(=O)c1ccc(NC(=O)c2cc(C)nc(NC3CCS(=O)(=O)C3)n2)cc1. The van der Waals surface area contributed by atoms with E-state index in [9.17, 15) is 18.0 Å². The summed E-state index contributed by atoms with van der Waals surface area (Å²) < 4.78 is 23.2. The minimum absolute atomic E-state index is 0.0360. The van der Waals surface area contributed by atoms with Gasteiger partial charge in [0.15, 0.2) is 15.6 Å². The van der Waals surface area contributed by atoms with Gasteiger partial charge in [-0.1, -0.05) is 0 Å². The Bertz CT molecular complexity index is 987. The summed E-state index contributed by atoms with van der Waals surface area (Å²) in [5.74, 6) is -0.0645. The standard InChI is InChI=1S/C18H20N4O4S/c1-11-9-16(17(24)20-14-5-3-13(4-6-14)12(2)23)22-18(19-11)21-15-7-8-27(25,26)10-15/h3-6,9,15H,7-8,10H2,1-2H3,(H,20,24)(H,19,21,22). The normalized spacial score (nSPS) is 18.1. The fraction of sp³-hybridized carbons (Fsp3) is 0.333. The first-order valence-corrected chi connectivity index (χ1v) is 10.3. The molecule has 0 aliphatic carbocycles.